The molecule has 0 fully saturated rings. The maximum atomic E-state index is 10.9. The number of carbonyl (C=O) groups is 1. The fraction of sp³-hybridized carbons (Fsp3) is 0.222. The van der Waals surface area contributed by atoms with Gasteiger partial charge in [0.2, 0.25) is 5.12 Å². The third kappa shape index (κ3) is 1.78. The van der Waals surface area contributed by atoms with Gasteiger partial charge in [-0.05, 0) is 19.1 Å². The molecule has 0 aromatic heterocycles. The van der Waals surface area contributed by atoms with Gasteiger partial charge in [0, 0.05) is 5.56 Å². The Hall–Kier alpha value is -1.16. The second kappa shape index (κ2) is 3.70. The van der Waals surface area contributed by atoms with Crippen LogP contribution in [0.25, 0.3) is 0 Å². The van der Waals surface area contributed by atoms with Gasteiger partial charge in [0.15, 0.2) is 0 Å². The highest BCUT2D eigenvalue weighted by Gasteiger charge is 2.12. The van der Waals surface area contributed by atoms with Crippen molar-refractivity contribution in [2.75, 3.05) is 7.11 Å². The number of phenolic OH excluding ortho intramolecular Hbond substituents is 1. The number of methoxy groups -OCH3 is 1. The number of hydrogen-bond donors (Lipinski definition) is 2. The first-order valence-electron chi connectivity index (χ1n) is 3.67. The van der Waals surface area contributed by atoms with E-state index in [0.29, 0.717) is 11.3 Å². The predicted octanol–water partition coefficient (Wildman–Crippen LogP) is 1.78. The van der Waals surface area contributed by atoms with Gasteiger partial charge in [-0.15, -0.1) is 12.6 Å². The summed E-state index contributed by atoms with van der Waals surface area (Å²) in [6.07, 6.45) is 0. The van der Waals surface area contributed by atoms with Crippen molar-refractivity contribution in [3.8, 4) is 11.5 Å². The summed E-state index contributed by atoms with van der Waals surface area (Å²) in [6.45, 7) is 1.67. The number of thiol groups is 1. The summed E-state index contributed by atoms with van der Waals surface area (Å²) in [6, 6.07) is 3.11. The van der Waals surface area contributed by atoms with E-state index in [-0.39, 0.29) is 11.3 Å². The first-order chi connectivity index (χ1) is 6.07. The third-order valence-electron chi connectivity index (χ3n) is 1.83. The third-order valence-corrected chi connectivity index (χ3v) is 2.07. The Labute approximate surface area is 81.8 Å². The largest absolute Gasteiger partial charge is 0.507 e. The quantitative estimate of drug-likeness (QED) is 0.712. The summed E-state index contributed by atoms with van der Waals surface area (Å²) in [7, 11) is 1.50. The Morgan fingerprint density at radius 3 is 2.62 bits per heavy atom. The molecule has 70 valence electrons. The van der Waals surface area contributed by atoms with Gasteiger partial charge < -0.3 is 9.84 Å². The van der Waals surface area contributed by atoms with Crippen molar-refractivity contribution in [1.29, 1.82) is 0 Å². The summed E-state index contributed by atoms with van der Waals surface area (Å²) in [5.41, 5.74) is 0.740. The molecule has 1 aromatic rings. The highest BCUT2D eigenvalue weighted by Crippen LogP contribution is 2.30. The van der Waals surface area contributed by atoms with Crippen molar-refractivity contribution in [2.24, 2.45) is 0 Å². The van der Waals surface area contributed by atoms with Crippen LogP contribution in [-0.4, -0.2) is 17.3 Å². The van der Waals surface area contributed by atoms with E-state index in [4.69, 9.17) is 4.74 Å². The highest BCUT2D eigenvalue weighted by molar-refractivity contribution is 7.97. The standard InChI is InChI=1S/C9H10O3S/c1-5-7(12-2)4-3-6(8(5)10)9(11)13/h3-4,10H,1-2H3,(H,11,13). The zero-order valence-corrected chi connectivity index (χ0v) is 8.26. The Morgan fingerprint density at radius 2 is 2.15 bits per heavy atom. The first kappa shape index (κ1) is 9.92. The van der Waals surface area contributed by atoms with E-state index < -0.39 is 5.12 Å². The van der Waals surface area contributed by atoms with E-state index in [9.17, 15) is 9.90 Å². The molecule has 0 saturated carbocycles. The van der Waals surface area contributed by atoms with Crippen molar-refractivity contribution < 1.29 is 14.6 Å². The van der Waals surface area contributed by atoms with Gasteiger partial charge >= 0.3 is 0 Å². The molecular formula is C9H10O3S. The smallest absolute Gasteiger partial charge is 0.220 e. The number of rotatable bonds is 2. The van der Waals surface area contributed by atoms with Crippen LogP contribution in [0.1, 0.15) is 15.9 Å². The molecule has 1 rings (SSSR count). The van der Waals surface area contributed by atoms with E-state index in [2.05, 4.69) is 12.6 Å². The molecule has 3 nitrogen and oxygen atoms in total. The van der Waals surface area contributed by atoms with Crippen molar-refractivity contribution >= 4 is 17.7 Å². The molecule has 0 atom stereocenters. The second-order valence-electron chi connectivity index (χ2n) is 2.59. The fourth-order valence-corrected chi connectivity index (χ4v) is 1.26. The molecule has 1 aromatic carbocycles. The van der Waals surface area contributed by atoms with E-state index in [1.165, 1.54) is 13.2 Å². The molecular weight excluding hydrogens is 188 g/mol. The van der Waals surface area contributed by atoms with Crippen molar-refractivity contribution in [3.63, 3.8) is 0 Å². The maximum Gasteiger partial charge on any atom is 0.220 e. The molecule has 0 heterocycles. The lowest BCUT2D eigenvalue weighted by molar-refractivity contribution is 0.108. The molecule has 4 heteroatoms. The number of benzene rings is 1. The molecule has 0 aliphatic carbocycles. The normalized spacial score (nSPS) is 9.77. The molecule has 0 amide bonds. The average molecular weight is 198 g/mol. The number of aromatic hydroxyl groups is 1. The second-order valence-corrected chi connectivity index (χ2v) is 3.00. The van der Waals surface area contributed by atoms with Crippen molar-refractivity contribution in [3.05, 3.63) is 23.3 Å². The van der Waals surface area contributed by atoms with Crippen LogP contribution < -0.4 is 4.74 Å². The van der Waals surface area contributed by atoms with Gasteiger partial charge in [0.05, 0.1) is 12.7 Å². The Balaban J connectivity index is 3.31. The zero-order chi connectivity index (χ0) is 10.0. The van der Waals surface area contributed by atoms with Crippen LogP contribution in [-0.2, 0) is 0 Å². The highest BCUT2D eigenvalue weighted by atomic mass is 32.1. The molecule has 0 saturated heterocycles. The molecule has 13 heavy (non-hydrogen) atoms. The number of ether oxygens (including phenoxy) is 1. The van der Waals surface area contributed by atoms with E-state index in [1.807, 2.05) is 0 Å². The minimum Gasteiger partial charge on any atom is -0.507 e. The summed E-state index contributed by atoms with van der Waals surface area (Å²) < 4.78 is 4.96. The Kier molecular flexibility index (Phi) is 2.83. The van der Waals surface area contributed by atoms with Crippen LogP contribution in [0.5, 0.6) is 11.5 Å². The van der Waals surface area contributed by atoms with E-state index in [1.54, 1.807) is 13.0 Å². The summed E-state index contributed by atoms with van der Waals surface area (Å²) in [4.78, 5) is 10.9. The van der Waals surface area contributed by atoms with Gasteiger partial charge in [-0.2, -0.15) is 0 Å². The molecule has 0 aliphatic rings. The van der Waals surface area contributed by atoms with Crippen LogP contribution in [0, 0.1) is 6.92 Å². The molecule has 1 N–H and O–H groups in total. The first-order valence-corrected chi connectivity index (χ1v) is 4.12. The average Bonchev–Trinajstić information content (AvgIpc) is 2.09. The molecule has 0 spiro atoms. The van der Waals surface area contributed by atoms with Crippen LogP contribution in [0.4, 0.5) is 0 Å². The van der Waals surface area contributed by atoms with Crippen molar-refractivity contribution in [2.45, 2.75) is 6.92 Å². The molecule has 0 unspecified atom stereocenters. The van der Waals surface area contributed by atoms with Crippen LogP contribution in [0.2, 0.25) is 0 Å². The minimum absolute atomic E-state index is 0.0700. The van der Waals surface area contributed by atoms with E-state index >= 15 is 0 Å². The van der Waals surface area contributed by atoms with Crippen LogP contribution in [0.3, 0.4) is 0 Å². The topological polar surface area (TPSA) is 46.5 Å². The van der Waals surface area contributed by atoms with Gasteiger partial charge in [-0.25, -0.2) is 0 Å². The van der Waals surface area contributed by atoms with Gasteiger partial charge in [0.25, 0.3) is 0 Å². The lowest BCUT2D eigenvalue weighted by Crippen LogP contribution is -1.94. The Bertz CT molecular complexity index is 347. The van der Waals surface area contributed by atoms with Crippen molar-refractivity contribution in [1.82, 2.24) is 0 Å². The summed E-state index contributed by atoms with van der Waals surface area (Å²) >= 11 is 3.63. The van der Waals surface area contributed by atoms with Crippen LogP contribution in [0.15, 0.2) is 12.1 Å². The molecule has 0 radical (unpaired) electrons. The fourth-order valence-electron chi connectivity index (χ4n) is 1.08. The zero-order valence-electron chi connectivity index (χ0n) is 7.37. The monoisotopic (exact) mass is 198 g/mol. The minimum atomic E-state index is -0.455. The van der Waals surface area contributed by atoms with Gasteiger partial charge in [-0.1, -0.05) is 0 Å². The maximum absolute atomic E-state index is 10.9. The predicted molar refractivity (Wildman–Crippen MR) is 52.7 cm³/mol. The lowest BCUT2D eigenvalue weighted by Gasteiger charge is -2.08. The molecule has 0 bridgehead atoms. The Morgan fingerprint density at radius 1 is 1.54 bits per heavy atom. The number of carbonyl (C=O) groups excluding carboxylic acids is 1. The summed E-state index contributed by atoms with van der Waals surface area (Å²) in [5, 5.41) is 9.07. The number of phenols is 1. The summed E-state index contributed by atoms with van der Waals surface area (Å²) in [5.74, 6) is 0.482. The van der Waals surface area contributed by atoms with E-state index in [0.717, 1.165) is 0 Å². The lowest BCUT2D eigenvalue weighted by atomic mass is 10.1. The number of hydrogen-bond acceptors (Lipinski definition) is 3. The SMILES string of the molecule is COc1ccc(C(=O)S)c(O)c1C. The van der Waals surface area contributed by atoms with Gasteiger partial charge in [-0.3, -0.25) is 4.79 Å². The van der Waals surface area contributed by atoms with Gasteiger partial charge in [0.1, 0.15) is 11.5 Å². The van der Waals surface area contributed by atoms with Crippen LogP contribution >= 0.6 is 12.6 Å². The molecule has 0 aliphatic heterocycles.